The molecule has 2 N–H and O–H groups in total. The Balaban J connectivity index is 1.71. The molecule has 1 aliphatic rings. The van der Waals surface area contributed by atoms with Gasteiger partial charge in [-0.15, -0.1) is 0 Å². The van der Waals surface area contributed by atoms with Crippen molar-refractivity contribution in [3.05, 3.63) is 41.3 Å². The van der Waals surface area contributed by atoms with E-state index in [4.69, 9.17) is 16.9 Å². The molecule has 0 aliphatic heterocycles. The predicted octanol–water partition coefficient (Wildman–Crippen LogP) is 4.40. The topological polar surface area (TPSA) is 94.5 Å². The maximum absolute atomic E-state index is 13.1. The highest BCUT2D eigenvalue weighted by Gasteiger charge is 2.43. The molecule has 1 fully saturated rings. The first kappa shape index (κ1) is 18.3. The van der Waals surface area contributed by atoms with Crippen molar-refractivity contribution < 1.29 is 18.0 Å². The molecule has 1 aliphatic carbocycles. The van der Waals surface area contributed by atoms with Crippen molar-refractivity contribution >= 4 is 34.1 Å². The van der Waals surface area contributed by atoms with Crippen LogP contribution in [0.1, 0.15) is 12.1 Å². The lowest BCUT2D eigenvalue weighted by Crippen LogP contribution is -2.15. The van der Waals surface area contributed by atoms with Crippen molar-refractivity contribution in [2.75, 3.05) is 5.32 Å². The maximum Gasteiger partial charge on any atom is 0.433 e. The third-order valence-corrected chi connectivity index (χ3v) is 4.88. The Bertz CT molecular complexity index is 1130. The van der Waals surface area contributed by atoms with Gasteiger partial charge in [-0.2, -0.15) is 23.5 Å². The van der Waals surface area contributed by atoms with Gasteiger partial charge in [-0.1, -0.05) is 11.6 Å². The van der Waals surface area contributed by atoms with E-state index in [1.165, 1.54) is 24.4 Å². The molecule has 0 radical (unpaired) electrons. The first-order valence-electron chi connectivity index (χ1n) is 8.18. The van der Waals surface area contributed by atoms with Crippen LogP contribution in [0.5, 0.6) is 0 Å². The number of halogens is 4. The lowest BCUT2D eigenvalue weighted by molar-refractivity contribution is -0.140. The molecule has 0 saturated heterocycles. The lowest BCUT2D eigenvalue weighted by Gasteiger charge is -2.10. The highest BCUT2D eigenvalue weighted by Crippen LogP contribution is 2.40. The Labute approximate surface area is 161 Å². The zero-order valence-electron chi connectivity index (χ0n) is 14.0. The van der Waals surface area contributed by atoms with E-state index in [-0.39, 0.29) is 39.7 Å². The van der Waals surface area contributed by atoms with Crippen LogP contribution in [-0.4, -0.2) is 21.1 Å². The van der Waals surface area contributed by atoms with E-state index in [0.717, 1.165) is 6.20 Å². The Hall–Kier alpha value is -3.12. The maximum atomic E-state index is 13.1. The van der Waals surface area contributed by atoms with Crippen LogP contribution in [0.25, 0.3) is 21.9 Å². The van der Waals surface area contributed by atoms with Crippen LogP contribution < -0.4 is 5.32 Å². The van der Waals surface area contributed by atoms with Gasteiger partial charge in [-0.05, 0) is 35.6 Å². The van der Waals surface area contributed by atoms with E-state index in [2.05, 4.69) is 15.4 Å². The molecule has 0 spiro atoms. The summed E-state index contributed by atoms with van der Waals surface area (Å²) in [6, 6.07) is 6.49. The second-order valence-electron chi connectivity index (χ2n) is 6.47. The van der Waals surface area contributed by atoms with Crippen LogP contribution in [-0.2, 0) is 11.0 Å². The number of fused-ring (bicyclic) bond motifs is 1. The predicted molar refractivity (Wildman–Crippen MR) is 95.2 cm³/mol. The smallest absolute Gasteiger partial charge is 0.310 e. The van der Waals surface area contributed by atoms with Crippen molar-refractivity contribution in [1.82, 2.24) is 15.2 Å². The molecule has 1 saturated carbocycles. The van der Waals surface area contributed by atoms with E-state index in [0.29, 0.717) is 17.2 Å². The van der Waals surface area contributed by atoms with Gasteiger partial charge in [0.2, 0.25) is 5.91 Å². The Kier molecular flexibility index (Phi) is 4.23. The second-order valence-corrected chi connectivity index (χ2v) is 6.88. The second kappa shape index (κ2) is 6.49. The van der Waals surface area contributed by atoms with Crippen molar-refractivity contribution in [3.8, 4) is 17.2 Å². The standard InChI is InChI=1S/C18H11ClF3N5O/c19-14-3-8(13-7-25-27-16(13)18(20,21)22)1-9-4-15(24-6-12(9)14)26-17(28)11-2-10(11)5-23/h1,3-4,6-7,10-11H,2H2,(H,25,27)(H,24,26,28). The van der Waals surface area contributed by atoms with E-state index < -0.39 is 11.9 Å². The molecular weight excluding hydrogens is 395 g/mol. The van der Waals surface area contributed by atoms with E-state index >= 15 is 0 Å². The molecule has 2 atom stereocenters. The highest BCUT2D eigenvalue weighted by molar-refractivity contribution is 6.36. The third kappa shape index (κ3) is 3.27. The van der Waals surface area contributed by atoms with Gasteiger partial charge in [-0.3, -0.25) is 9.89 Å². The zero-order valence-corrected chi connectivity index (χ0v) is 14.8. The summed E-state index contributed by atoms with van der Waals surface area (Å²) in [5.74, 6) is -0.728. The summed E-state index contributed by atoms with van der Waals surface area (Å²) in [6.07, 6.45) is -1.57. The number of carbonyl (C=O) groups excluding carboxylic acids is 1. The average Bonchev–Trinajstić information content (AvgIpc) is 3.25. The summed E-state index contributed by atoms with van der Waals surface area (Å²) < 4.78 is 39.4. The number of rotatable bonds is 3. The molecule has 28 heavy (non-hydrogen) atoms. The fourth-order valence-electron chi connectivity index (χ4n) is 3.00. The quantitative estimate of drug-likeness (QED) is 0.675. The molecular formula is C18H11ClF3N5O. The number of hydrogen-bond acceptors (Lipinski definition) is 4. The fourth-order valence-corrected chi connectivity index (χ4v) is 3.28. The molecule has 2 heterocycles. The van der Waals surface area contributed by atoms with Gasteiger partial charge in [0.05, 0.1) is 29.1 Å². The number of nitriles is 1. The van der Waals surface area contributed by atoms with Crippen molar-refractivity contribution in [2.24, 2.45) is 11.8 Å². The fraction of sp³-hybridized carbons (Fsp3) is 0.222. The molecule has 4 rings (SSSR count). The van der Waals surface area contributed by atoms with Gasteiger partial charge in [-0.25, -0.2) is 4.98 Å². The summed E-state index contributed by atoms with van der Waals surface area (Å²) in [5.41, 5.74) is -0.871. The number of H-pyrrole nitrogens is 1. The molecule has 1 amide bonds. The summed E-state index contributed by atoms with van der Waals surface area (Å²) in [6.45, 7) is 0. The van der Waals surface area contributed by atoms with Crippen molar-refractivity contribution in [3.63, 3.8) is 0 Å². The van der Waals surface area contributed by atoms with Crippen LogP contribution >= 0.6 is 11.6 Å². The first-order chi connectivity index (χ1) is 13.3. The molecule has 3 aromatic rings. The normalized spacial score (nSPS) is 18.7. The number of pyridine rings is 1. The van der Waals surface area contributed by atoms with Crippen LogP contribution in [0.4, 0.5) is 19.0 Å². The van der Waals surface area contributed by atoms with Crippen LogP contribution in [0.15, 0.2) is 30.6 Å². The number of nitrogens with zero attached hydrogens (tertiary/aromatic N) is 3. The van der Waals surface area contributed by atoms with Gasteiger partial charge in [0.15, 0.2) is 0 Å². The van der Waals surface area contributed by atoms with Gasteiger partial charge < -0.3 is 5.32 Å². The summed E-state index contributed by atoms with van der Waals surface area (Å²) in [7, 11) is 0. The van der Waals surface area contributed by atoms with Crippen LogP contribution in [0.3, 0.4) is 0 Å². The number of nitrogens with one attached hydrogen (secondary N) is 2. The van der Waals surface area contributed by atoms with E-state index in [1.807, 2.05) is 11.2 Å². The molecule has 2 unspecified atom stereocenters. The number of anilines is 1. The number of aromatic amines is 1. The van der Waals surface area contributed by atoms with Gasteiger partial charge >= 0.3 is 6.18 Å². The third-order valence-electron chi connectivity index (χ3n) is 4.56. The molecule has 0 bridgehead atoms. The van der Waals surface area contributed by atoms with Crippen molar-refractivity contribution in [2.45, 2.75) is 12.6 Å². The minimum atomic E-state index is -4.59. The minimum Gasteiger partial charge on any atom is -0.310 e. The van der Waals surface area contributed by atoms with E-state index in [1.54, 1.807) is 0 Å². The average molecular weight is 406 g/mol. The van der Waals surface area contributed by atoms with Gasteiger partial charge in [0, 0.05) is 17.1 Å². The number of carbonyl (C=O) groups is 1. The number of amides is 1. The minimum absolute atomic E-state index is 0.131. The van der Waals surface area contributed by atoms with Gasteiger partial charge in [0.25, 0.3) is 0 Å². The summed E-state index contributed by atoms with van der Waals surface area (Å²) in [4.78, 5) is 16.2. The number of hydrogen-bond donors (Lipinski definition) is 2. The first-order valence-corrected chi connectivity index (χ1v) is 8.56. The Morgan fingerprint density at radius 2 is 2.11 bits per heavy atom. The monoisotopic (exact) mass is 405 g/mol. The molecule has 142 valence electrons. The molecule has 2 aromatic heterocycles. The highest BCUT2D eigenvalue weighted by atomic mass is 35.5. The van der Waals surface area contributed by atoms with Crippen LogP contribution in [0.2, 0.25) is 5.02 Å². The number of alkyl halides is 3. The Morgan fingerprint density at radius 3 is 2.79 bits per heavy atom. The summed E-state index contributed by atoms with van der Waals surface area (Å²) >= 11 is 6.23. The number of aromatic nitrogens is 3. The van der Waals surface area contributed by atoms with E-state index in [9.17, 15) is 18.0 Å². The number of benzene rings is 1. The van der Waals surface area contributed by atoms with Crippen LogP contribution in [0, 0.1) is 23.2 Å². The van der Waals surface area contributed by atoms with Crippen molar-refractivity contribution in [1.29, 1.82) is 5.26 Å². The largest absolute Gasteiger partial charge is 0.433 e. The lowest BCUT2D eigenvalue weighted by atomic mass is 10.0. The zero-order chi connectivity index (χ0) is 20.1. The summed E-state index contributed by atoms with van der Waals surface area (Å²) in [5, 5.41) is 18.2. The Morgan fingerprint density at radius 1 is 1.32 bits per heavy atom. The molecule has 6 nitrogen and oxygen atoms in total. The SMILES string of the molecule is N#CC1CC1C(=O)Nc1cc2cc(-c3cn[nH]c3C(F)(F)F)cc(Cl)c2cn1. The van der Waals surface area contributed by atoms with Gasteiger partial charge in [0.1, 0.15) is 11.5 Å². The molecule has 1 aromatic carbocycles. The molecule has 10 heteroatoms.